The summed E-state index contributed by atoms with van der Waals surface area (Å²) in [6, 6.07) is 0. The van der Waals surface area contributed by atoms with E-state index in [-0.39, 0.29) is 46.8 Å². The number of hydrogen-bond acceptors (Lipinski definition) is 6. The number of carbonyl (C=O) groups excluding carboxylic acids is 3. The van der Waals surface area contributed by atoms with Crippen LogP contribution >= 0.6 is 0 Å². The molecule has 0 aromatic carbocycles. The van der Waals surface area contributed by atoms with Gasteiger partial charge in [-0.15, -0.1) is 0 Å². The van der Waals surface area contributed by atoms with Gasteiger partial charge in [-0.05, 0) is 62.8 Å². The third kappa shape index (κ3) is 3.83. The van der Waals surface area contributed by atoms with Gasteiger partial charge in [0.2, 0.25) is 0 Å². The number of esters is 2. The predicted octanol–water partition coefficient (Wildman–Crippen LogP) is 3.30. The molecule has 6 heteroatoms. The molecular weight excluding hydrogens is 382 g/mol. The molecule has 3 aliphatic carbocycles. The summed E-state index contributed by atoms with van der Waals surface area (Å²) < 4.78 is 10.4. The molecule has 0 radical (unpaired) electrons. The lowest BCUT2D eigenvalue weighted by Gasteiger charge is -2.60. The molecule has 168 valence electrons. The van der Waals surface area contributed by atoms with Gasteiger partial charge in [0.15, 0.2) is 0 Å². The number of allylic oxidation sites excluding steroid dienone is 1. The predicted molar refractivity (Wildman–Crippen MR) is 114 cm³/mol. The van der Waals surface area contributed by atoms with Crippen LogP contribution in [0.4, 0.5) is 0 Å². The summed E-state index contributed by atoms with van der Waals surface area (Å²) in [7, 11) is 3.26. The number of rotatable bonds is 5. The van der Waals surface area contributed by atoms with E-state index in [1.807, 2.05) is 14.0 Å². The Morgan fingerprint density at radius 1 is 1.27 bits per heavy atom. The van der Waals surface area contributed by atoms with Gasteiger partial charge in [0.25, 0.3) is 0 Å². The molecule has 30 heavy (non-hydrogen) atoms. The maximum Gasteiger partial charge on any atom is 0.330 e. The van der Waals surface area contributed by atoms with Crippen molar-refractivity contribution in [2.24, 2.45) is 34.5 Å². The van der Waals surface area contributed by atoms with Gasteiger partial charge in [-0.25, -0.2) is 4.79 Å². The summed E-state index contributed by atoms with van der Waals surface area (Å²) in [6.07, 6.45) is 6.50. The topological polar surface area (TPSA) is 81.7 Å². The average Bonchev–Trinajstić information content (AvgIpc) is 2.71. The Kier molecular flexibility index (Phi) is 6.75. The second-order valence-electron chi connectivity index (χ2n) is 9.94. The van der Waals surface area contributed by atoms with Crippen molar-refractivity contribution < 1.29 is 23.9 Å². The normalized spacial score (nSPS) is 39.8. The van der Waals surface area contributed by atoms with E-state index < -0.39 is 5.41 Å². The van der Waals surface area contributed by atoms with E-state index >= 15 is 0 Å². The van der Waals surface area contributed by atoms with Crippen LogP contribution in [0.3, 0.4) is 0 Å². The lowest BCUT2D eigenvalue weighted by molar-refractivity contribution is -0.178. The second-order valence-corrected chi connectivity index (χ2v) is 9.94. The highest BCUT2D eigenvalue weighted by molar-refractivity contribution is 5.87. The molecule has 0 aliphatic heterocycles. The zero-order valence-electron chi connectivity index (χ0n) is 19.1. The zero-order chi connectivity index (χ0) is 22.1. The van der Waals surface area contributed by atoms with Crippen LogP contribution in [0.25, 0.3) is 0 Å². The maximum atomic E-state index is 13.4. The first-order valence-corrected chi connectivity index (χ1v) is 11.3. The Hall–Kier alpha value is -1.69. The minimum atomic E-state index is -0.598. The average molecular weight is 420 g/mol. The van der Waals surface area contributed by atoms with Crippen molar-refractivity contribution >= 4 is 17.7 Å². The summed E-state index contributed by atoms with van der Waals surface area (Å²) >= 11 is 0. The van der Waals surface area contributed by atoms with E-state index in [1.165, 1.54) is 7.11 Å². The lowest BCUT2D eigenvalue weighted by atomic mass is 9.43. The quantitative estimate of drug-likeness (QED) is 0.418. The molecule has 0 aromatic heterocycles. The standard InChI is InChI=1S/C24H37NO5/c1-15-16(13-20(27)30-12-11-25-4)7-8-17-21(15)18(26)14-19-23(17,2)9-6-10-24(19,3)22(28)29-5/h13,15,17,19,21,25H,6-12,14H2,1-5H3/b16-13+/t15-,17-,19+,21+,23-,24-/m0/s1. The van der Waals surface area contributed by atoms with Crippen LogP contribution in [0, 0.1) is 34.5 Å². The number of methoxy groups -OCH3 is 1. The first kappa shape index (κ1) is 23.0. The van der Waals surface area contributed by atoms with Crippen LogP contribution in [0.15, 0.2) is 11.6 Å². The van der Waals surface area contributed by atoms with Crippen molar-refractivity contribution in [3.8, 4) is 0 Å². The molecule has 1 N–H and O–H groups in total. The lowest BCUT2D eigenvalue weighted by Crippen LogP contribution is -2.59. The SMILES string of the molecule is CNCCOC(=O)/C=C1\CC[C@H]2[C@H](C(=O)C[C@@H]3[C@@]2(C)CCC[C@]3(C)C(=O)OC)[C@H]1C. The molecule has 0 heterocycles. The number of likely N-dealkylation sites (N-methyl/N-ethyl adjacent to an activating group) is 1. The number of fused-ring (bicyclic) bond motifs is 3. The Balaban J connectivity index is 1.84. The van der Waals surface area contributed by atoms with Crippen molar-refractivity contribution in [1.29, 1.82) is 0 Å². The minimum Gasteiger partial charge on any atom is -0.469 e. The van der Waals surface area contributed by atoms with Crippen LogP contribution in [-0.4, -0.2) is 45.0 Å². The number of ketones is 1. The van der Waals surface area contributed by atoms with Gasteiger partial charge in [0, 0.05) is 25.0 Å². The van der Waals surface area contributed by atoms with Crippen molar-refractivity contribution in [3.05, 3.63) is 11.6 Å². The molecule has 0 amide bonds. The fourth-order valence-electron chi connectivity index (χ4n) is 6.83. The zero-order valence-corrected chi connectivity index (χ0v) is 19.1. The molecule has 0 spiro atoms. The molecule has 3 aliphatic rings. The first-order valence-electron chi connectivity index (χ1n) is 11.3. The van der Waals surface area contributed by atoms with E-state index in [0.717, 1.165) is 37.7 Å². The molecule has 0 aromatic rings. The van der Waals surface area contributed by atoms with Gasteiger partial charge in [0.1, 0.15) is 12.4 Å². The van der Waals surface area contributed by atoms with Crippen LogP contribution in [0.5, 0.6) is 0 Å². The second kappa shape index (κ2) is 8.81. The number of hydrogen-bond donors (Lipinski definition) is 1. The monoisotopic (exact) mass is 419 g/mol. The third-order valence-electron chi connectivity index (χ3n) is 8.45. The summed E-state index contributed by atoms with van der Waals surface area (Å²) in [5.74, 6) is -0.0772. The summed E-state index contributed by atoms with van der Waals surface area (Å²) in [5.41, 5.74) is 0.360. The van der Waals surface area contributed by atoms with E-state index in [1.54, 1.807) is 6.08 Å². The van der Waals surface area contributed by atoms with Gasteiger partial charge in [-0.3, -0.25) is 9.59 Å². The van der Waals surface area contributed by atoms with Gasteiger partial charge in [0.05, 0.1) is 12.5 Å². The fraction of sp³-hybridized carbons (Fsp3) is 0.792. The fourth-order valence-corrected chi connectivity index (χ4v) is 6.83. The van der Waals surface area contributed by atoms with Crippen molar-refractivity contribution in [3.63, 3.8) is 0 Å². The number of nitrogens with one attached hydrogen (secondary N) is 1. The van der Waals surface area contributed by atoms with Gasteiger partial charge in [-0.1, -0.05) is 25.8 Å². The van der Waals surface area contributed by atoms with E-state index in [2.05, 4.69) is 19.2 Å². The first-order chi connectivity index (χ1) is 14.2. The smallest absolute Gasteiger partial charge is 0.330 e. The van der Waals surface area contributed by atoms with Crippen LogP contribution in [-0.2, 0) is 23.9 Å². The van der Waals surface area contributed by atoms with Gasteiger partial charge < -0.3 is 14.8 Å². The van der Waals surface area contributed by atoms with Crippen LogP contribution in [0.2, 0.25) is 0 Å². The third-order valence-corrected chi connectivity index (χ3v) is 8.45. The minimum absolute atomic E-state index is 0.0178. The molecule has 0 saturated heterocycles. The van der Waals surface area contributed by atoms with E-state index in [9.17, 15) is 14.4 Å². The molecule has 0 unspecified atom stereocenters. The van der Waals surface area contributed by atoms with Crippen molar-refractivity contribution in [2.75, 3.05) is 27.3 Å². The summed E-state index contributed by atoms with van der Waals surface area (Å²) in [6.45, 7) is 7.31. The van der Waals surface area contributed by atoms with Crippen LogP contribution < -0.4 is 5.32 Å². The Bertz CT molecular complexity index is 731. The van der Waals surface area contributed by atoms with E-state index in [4.69, 9.17) is 9.47 Å². The molecule has 3 fully saturated rings. The largest absolute Gasteiger partial charge is 0.469 e. The van der Waals surface area contributed by atoms with Crippen molar-refractivity contribution in [2.45, 2.75) is 59.3 Å². The highest BCUT2D eigenvalue weighted by atomic mass is 16.5. The molecule has 6 nitrogen and oxygen atoms in total. The Labute approximate surface area is 180 Å². The highest BCUT2D eigenvalue weighted by Crippen LogP contribution is 2.64. The number of Topliss-reactive ketones (excluding diaryl/α,β-unsaturated/α-hetero) is 1. The summed E-state index contributed by atoms with van der Waals surface area (Å²) in [5, 5.41) is 2.95. The highest BCUT2D eigenvalue weighted by Gasteiger charge is 2.62. The molecule has 6 atom stereocenters. The van der Waals surface area contributed by atoms with Crippen molar-refractivity contribution in [1.82, 2.24) is 5.32 Å². The molecule has 3 rings (SSSR count). The van der Waals surface area contributed by atoms with Gasteiger partial charge >= 0.3 is 11.9 Å². The number of carbonyl (C=O) groups is 3. The van der Waals surface area contributed by atoms with Gasteiger partial charge in [-0.2, -0.15) is 0 Å². The molecule has 0 bridgehead atoms. The van der Waals surface area contributed by atoms with Crippen LogP contribution in [0.1, 0.15) is 59.3 Å². The maximum absolute atomic E-state index is 13.4. The Morgan fingerprint density at radius 3 is 2.67 bits per heavy atom. The molecule has 3 saturated carbocycles. The Morgan fingerprint density at radius 2 is 2.00 bits per heavy atom. The number of ether oxygens (including phenoxy) is 2. The molecular formula is C24H37NO5. The summed E-state index contributed by atoms with van der Waals surface area (Å²) in [4.78, 5) is 38.3. The van der Waals surface area contributed by atoms with E-state index in [0.29, 0.717) is 19.6 Å².